The van der Waals surface area contributed by atoms with Crippen LogP contribution in [-0.4, -0.2) is 29.9 Å². The summed E-state index contributed by atoms with van der Waals surface area (Å²) in [5.74, 6) is 0.882. The molecular weight excluding hydrogens is 262 g/mol. The fourth-order valence-electron chi connectivity index (χ4n) is 2.34. The standard InChI is InChI=1S/C18H31NO2/c1-14(2)19-18(6,13-20)11-12-21-16-9-7-15(8-10-16)17(3,4)5/h7-10,14,19-20H,11-13H2,1-6H3. The minimum absolute atomic E-state index is 0.109. The molecule has 1 rings (SSSR count). The highest BCUT2D eigenvalue weighted by molar-refractivity contribution is 5.31. The normalized spacial score (nSPS) is 15.0. The van der Waals surface area contributed by atoms with E-state index >= 15 is 0 Å². The third-order valence-corrected chi connectivity index (χ3v) is 3.63. The van der Waals surface area contributed by atoms with Gasteiger partial charge in [0.15, 0.2) is 0 Å². The Hall–Kier alpha value is -1.06. The molecule has 0 spiro atoms. The Morgan fingerprint density at radius 1 is 1.10 bits per heavy atom. The van der Waals surface area contributed by atoms with E-state index in [1.165, 1.54) is 5.56 Å². The summed E-state index contributed by atoms with van der Waals surface area (Å²) in [5.41, 5.74) is 1.17. The highest BCUT2D eigenvalue weighted by Gasteiger charge is 2.23. The molecule has 21 heavy (non-hydrogen) atoms. The molecule has 0 amide bonds. The molecule has 3 heteroatoms. The van der Waals surface area contributed by atoms with E-state index < -0.39 is 0 Å². The van der Waals surface area contributed by atoms with Crippen LogP contribution < -0.4 is 10.1 Å². The SMILES string of the molecule is CC(C)NC(C)(CO)CCOc1ccc(C(C)(C)C)cc1. The van der Waals surface area contributed by atoms with Gasteiger partial charge in [-0.15, -0.1) is 0 Å². The zero-order valence-electron chi connectivity index (χ0n) is 14.4. The second-order valence-electron chi connectivity index (χ2n) is 7.39. The second kappa shape index (κ2) is 7.28. The van der Waals surface area contributed by atoms with Crippen LogP contribution in [0.15, 0.2) is 24.3 Å². The van der Waals surface area contributed by atoms with E-state index in [4.69, 9.17) is 4.74 Å². The van der Waals surface area contributed by atoms with Crippen LogP contribution in [0, 0.1) is 0 Å². The van der Waals surface area contributed by atoms with Crippen molar-refractivity contribution in [3.05, 3.63) is 29.8 Å². The van der Waals surface area contributed by atoms with Crippen molar-refractivity contribution in [1.82, 2.24) is 5.32 Å². The number of hydrogen-bond donors (Lipinski definition) is 2. The summed E-state index contributed by atoms with van der Waals surface area (Å²) < 4.78 is 5.80. The van der Waals surface area contributed by atoms with Crippen LogP contribution in [0.5, 0.6) is 5.75 Å². The molecule has 0 saturated heterocycles. The summed E-state index contributed by atoms with van der Waals surface area (Å²) in [6.07, 6.45) is 0.767. The third-order valence-electron chi connectivity index (χ3n) is 3.63. The maximum Gasteiger partial charge on any atom is 0.119 e. The zero-order valence-corrected chi connectivity index (χ0v) is 14.4. The Morgan fingerprint density at radius 2 is 1.67 bits per heavy atom. The molecular formula is C18H31NO2. The van der Waals surface area contributed by atoms with Crippen molar-refractivity contribution in [3.63, 3.8) is 0 Å². The molecule has 0 aliphatic rings. The van der Waals surface area contributed by atoms with Crippen LogP contribution in [0.3, 0.4) is 0 Å². The van der Waals surface area contributed by atoms with E-state index in [1.54, 1.807) is 0 Å². The highest BCUT2D eigenvalue weighted by atomic mass is 16.5. The van der Waals surface area contributed by atoms with Crippen molar-refractivity contribution in [1.29, 1.82) is 0 Å². The Bertz CT molecular complexity index is 420. The lowest BCUT2D eigenvalue weighted by atomic mass is 9.87. The fraction of sp³-hybridized carbons (Fsp3) is 0.667. The fourth-order valence-corrected chi connectivity index (χ4v) is 2.34. The summed E-state index contributed by atoms with van der Waals surface area (Å²) in [6.45, 7) is 13.5. The molecule has 3 nitrogen and oxygen atoms in total. The van der Waals surface area contributed by atoms with Crippen molar-refractivity contribution < 1.29 is 9.84 Å². The average Bonchev–Trinajstić information content (AvgIpc) is 2.37. The molecule has 1 aromatic carbocycles. The van der Waals surface area contributed by atoms with Crippen molar-refractivity contribution in [2.45, 2.75) is 65.0 Å². The van der Waals surface area contributed by atoms with E-state index in [-0.39, 0.29) is 17.6 Å². The number of hydrogen-bond acceptors (Lipinski definition) is 3. The lowest BCUT2D eigenvalue weighted by molar-refractivity contribution is 0.136. The van der Waals surface area contributed by atoms with E-state index in [1.807, 2.05) is 19.1 Å². The van der Waals surface area contributed by atoms with Gasteiger partial charge in [-0.3, -0.25) is 0 Å². The summed E-state index contributed by atoms with van der Waals surface area (Å²) in [6, 6.07) is 8.62. The van der Waals surface area contributed by atoms with Crippen molar-refractivity contribution >= 4 is 0 Å². The van der Waals surface area contributed by atoms with Gasteiger partial charge < -0.3 is 15.2 Å². The Morgan fingerprint density at radius 3 is 2.10 bits per heavy atom. The molecule has 120 valence electrons. The minimum atomic E-state index is -0.292. The lowest BCUT2D eigenvalue weighted by Gasteiger charge is -2.31. The largest absolute Gasteiger partial charge is 0.494 e. The minimum Gasteiger partial charge on any atom is -0.494 e. The number of nitrogens with one attached hydrogen (secondary N) is 1. The van der Waals surface area contributed by atoms with Crippen LogP contribution in [0.2, 0.25) is 0 Å². The predicted octanol–water partition coefficient (Wildman–Crippen LogP) is 3.50. The van der Waals surface area contributed by atoms with Crippen LogP contribution >= 0.6 is 0 Å². The van der Waals surface area contributed by atoms with Crippen LogP contribution in [0.25, 0.3) is 0 Å². The topological polar surface area (TPSA) is 41.5 Å². The van der Waals surface area contributed by atoms with Gasteiger partial charge in [0, 0.05) is 18.0 Å². The summed E-state index contributed by atoms with van der Waals surface area (Å²) in [5, 5.41) is 12.9. The maximum atomic E-state index is 9.54. The molecule has 0 bridgehead atoms. The maximum absolute atomic E-state index is 9.54. The van der Waals surface area contributed by atoms with Gasteiger partial charge in [0.05, 0.1) is 13.2 Å². The van der Waals surface area contributed by atoms with Gasteiger partial charge in [-0.1, -0.05) is 46.8 Å². The van der Waals surface area contributed by atoms with Crippen LogP contribution in [0.4, 0.5) is 0 Å². The average molecular weight is 293 g/mol. The molecule has 1 atom stereocenters. The Labute approximate surface area is 129 Å². The smallest absolute Gasteiger partial charge is 0.119 e. The molecule has 1 aromatic rings. The predicted molar refractivity (Wildman–Crippen MR) is 89.0 cm³/mol. The van der Waals surface area contributed by atoms with E-state index in [0.717, 1.165) is 12.2 Å². The highest BCUT2D eigenvalue weighted by Crippen LogP contribution is 2.24. The van der Waals surface area contributed by atoms with Crippen LogP contribution in [0.1, 0.15) is 53.5 Å². The van der Waals surface area contributed by atoms with E-state index in [2.05, 4.69) is 52.1 Å². The number of ether oxygens (including phenoxy) is 1. The summed E-state index contributed by atoms with van der Waals surface area (Å²) in [4.78, 5) is 0. The number of rotatable bonds is 7. The summed E-state index contributed by atoms with van der Waals surface area (Å²) in [7, 11) is 0. The van der Waals surface area contributed by atoms with Gasteiger partial charge in [-0.2, -0.15) is 0 Å². The van der Waals surface area contributed by atoms with Crippen molar-refractivity contribution in [3.8, 4) is 5.75 Å². The van der Waals surface area contributed by atoms with Gasteiger partial charge >= 0.3 is 0 Å². The number of aliphatic hydroxyl groups is 1. The number of aliphatic hydroxyl groups excluding tert-OH is 1. The molecule has 0 radical (unpaired) electrons. The van der Waals surface area contributed by atoms with E-state index in [9.17, 15) is 5.11 Å². The zero-order chi connectivity index (χ0) is 16.1. The first-order valence-corrected chi connectivity index (χ1v) is 7.78. The molecule has 0 heterocycles. The van der Waals surface area contributed by atoms with Gasteiger partial charge in [-0.25, -0.2) is 0 Å². The molecule has 0 fully saturated rings. The van der Waals surface area contributed by atoms with Gasteiger partial charge in [0.1, 0.15) is 5.75 Å². The summed E-state index contributed by atoms with van der Waals surface area (Å²) >= 11 is 0. The molecule has 1 unspecified atom stereocenters. The Kier molecular flexibility index (Phi) is 6.24. The first-order valence-electron chi connectivity index (χ1n) is 7.78. The quantitative estimate of drug-likeness (QED) is 0.808. The van der Waals surface area contributed by atoms with Crippen molar-refractivity contribution in [2.24, 2.45) is 0 Å². The first-order chi connectivity index (χ1) is 9.66. The second-order valence-corrected chi connectivity index (χ2v) is 7.39. The lowest BCUT2D eigenvalue weighted by Crippen LogP contribution is -2.49. The Balaban J connectivity index is 2.52. The third kappa shape index (κ3) is 6.06. The monoisotopic (exact) mass is 293 g/mol. The molecule has 0 aromatic heterocycles. The number of benzene rings is 1. The molecule has 0 aliphatic heterocycles. The van der Waals surface area contributed by atoms with E-state index in [0.29, 0.717) is 12.6 Å². The molecule has 0 saturated carbocycles. The van der Waals surface area contributed by atoms with Gasteiger partial charge in [0.25, 0.3) is 0 Å². The van der Waals surface area contributed by atoms with Gasteiger partial charge in [-0.05, 0) is 30.0 Å². The first kappa shape index (κ1) is 18.0. The van der Waals surface area contributed by atoms with Gasteiger partial charge in [0.2, 0.25) is 0 Å². The molecule has 2 N–H and O–H groups in total. The van der Waals surface area contributed by atoms with Crippen LogP contribution in [-0.2, 0) is 5.41 Å². The van der Waals surface area contributed by atoms with Crippen molar-refractivity contribution in [2.75, 3.05) is 13.2 Å². The molecule has 0 aliphatic carbocycles.